The zero-order chi connectivity index (χ0) is 13.9. The van der Waals surface area contributed by atoms with E-state index in [1.165, 1.54) is 12.1 Å². The second kappa shape index (κ2) is 4.94. The summed E-state index contributed by atoms with van der Waals surface area (Å²) in [5.41, 5.74) is 2.43. The van der Waals surface area contributed by atoms with E-state index < -0.39 is 0 Å². The van der Waals surface area contributed by atoms with Crippen molar-refractivity contribution < 1.29 is 4.39 Å². The van der Waals surface area contributed by atoms with Gasteiger partial charge in [-0.2, -0.15) is 5.26 Å². The van der Waals surface area contributed by atoms with Crippen LogP contribution in [0.15, 0.2) is 42.6 Å². The Morgan fingerprint density at radius 1 is 1.25 bits per heavy atom. The molecule has 2 heterocycles. The fourth-order valence-corrected chi connectivity index (χ4v) is 1.85. The van der Waals surface area contributed by atoms with E-state index in [9.17, 15) is 9.65 Å². The zero-order valence-electron chi connectivity index (χ0n) is 10.3. The van der Waals surface area contributed by atoms with E-state index in [0.717, 1.165) is 11.1 Å². The first-order chi connectivity index (χ1) is 9.76. The number of nitrogens with one attached hydrogen (secondary N) is 1. The molecule has 0 bridgehead atoms. The predicted molar refractivity (Wildman–Crippen MR) is 73.8 cm³/mol. The fourth-order valence-electron chi connectivity index (χ4n) is 1.85. The monoisotopic (exact) mass is 264 g/mol. The van der Waals surface area contributed by atoms with E-state index in [4.69, 9.17) is 0 Å². The summed E-state index contributed by atoms with van der Waals surface area (Å²) in [5, 5.41) is 9.25. The Morgan fingerprint density at radius 2 is 2.05 bits per heavy atom. The van der Waals surface area contributed by atoms with Gasteiger partial charge in [-0.25, -0.2) is 14.4 Å². The normalized spacial score (nSPS) is 11.5. The quantitative estimate of drug-likeness (QED) is 0.723. The van der Waals surface area contributed by atoms with Gasteiger partial charge in [-0.05, 0) is 35.9 Å². The summed E-state index contributed by atoms with van der Waals surface area (Å²) >= 11 is 0. The SMILES string of the molecule is N#C/C(=C\c1ccc(F)cc1)c1nc2ncccc2[nH]1. The van der Waals surface area contributed by atoms with Gasteiger partial charge in [0.25, 0.3) is 0 Å². The summed E-state index contributed by atoms with van der Waals surface area (Å²) in [6.07, 6.45) is 3.29. The van der Waals surface area contributed by atoms with Crippen LogP contribution in [0, 0.1) is 17.1 Å². The minimum absolute atomic E-state index is 0.311. The number of nitrogens with zero attached hydrogens (tertiary/aromatic N) is 3. The minimum atomic E-state index is -0.311. The van der Waals surface area contributed by atoms with E-state index in [0.29, 0.717) is 17.0 Å². The fraction of sp³-hybridized carbons (Fsp3) is 0. The molecule has 0 aliphatic carbocycles. The summed E-state index contributed by atoms with van der Waals surface area (Å²) in [6.45, 7) is 0. The lowest BCUT2D eigenvalue weighted by Crippen LogP contribution is -1.85. The molecule has 0 unspecified atom stereocenters. The summed E-state index contributed by atoms with van der Waals surface area (Å²) in [6, 6.07) is 11.6. The number of fused-ring (bicyclic) bond motifs is 1. The number of aromatic amines is 1. The van der Waals surface area contributed by atoms with Crippen LogP contribution in [-0.4, -0.2) is 15.0 Å². The highest BCUT2D eigenvalue weighted by atomic mass is 19.1. The van der Waals surface area contributed by atoms with Crippen LogP contribution in [0.1, 0.15) is 11.4 Å². The average molecular weight is 264 g/mol. The molecule has 0 amide bonds. The largest absolute Gasteiger partial charge is 0.336 e. The number of halogens is 1. The number of rotatable bonds is 2. The molecule has 1 N–H and O–H groups in total. The minimum Gasteiger partial charge on any atom is -0.336 e. The Hall–Kier alpha value is -3.00. The van der Waals surface area contributed by atoms with Crippen LogP contribution in [0.4, 0.5) is 4.39 Å². The van der Waals surface area contributed by atoms with Crippen LogP contribution in [0.25, 0.3) is 22.8 Å². The number of nitriles is 1. The summed E-state index contributed by atoms with van der Waals surface area (Å²) in [5.74, 6) is 0.138. The molecule has 2 aromatic heterocycles. The van der Waals surface area contributed by atoms with Crippen molar-refractivity contribution in [1.82, 2.24) is 15.0 Å². The van der Waals surface area contributed by atoms with E-state index in [1.54, 1.807) is 30.5 Å². The van der Waals surface area contributed by atoms with Crippen LogP contribution in [0.2, 0.25) is 0 Å². The third kappa shape index (κ3) is 2.27. The number of H-pyrrole nitrogens is 1. The molecule has 0 aliphatic heterocycles. The van der Waals surface area contributed by atoms with Gasteiger partial charge in [-0.3, -0.25) is 0 Å². The lowest BCUT2D eigenvalue weighted by molar-refractivity contribution is 0.628. The Morgan fingerprint density at radius 3 is 2.75 bits per heavy atom. The van der Waals surface area contributed by atoms with Crippen LogP contribution in [0.3, 0.4) is 0 Å². The van der Waals surface area contributed by atoms with Gasteiger partial charge in [0.15, 0.2) is 11.5 Å². The third-order valence-electron chi connectivity index (χ3n) is 2.81. The first-order valence-electron chi connectivity index (χ1n) is 5.95. The van der Waals surface area contributed by atoms with E-state index in [-0.39, 0.29) is 5.82 Å². The third-order valence-corrected chi connectivity index (χ3v) is 2.81. The van der Waals surface area contributed by atoms with Crippen molar-refractivity contribution in [2.24, 2.45) is 0 Å². The molecule has 0 saturated heterocycles. The van der Waals surface area contributed by atoms with Gasteiger partial charge < -0.3 is 4.98 Å². The smallest absolute Gasteiger partial charge is 0.178 e. The molecular weight excluding hydrogens is 255 g/mol. The molecule has 0 saturated carbocycles. The molecule has 1 aromatic carbocycles. The number of imidazole rings is 1. The zero-order valence-corrected chi connectivity index (χ0v) is 10.3. The number of hydrogen-bond acceptors (Lipinski definition) is 3. The molecular formula is C15H9FN4. The first-order valence-corrected chi connectivity index (χ1v) is 5.95. The molecule has 0 radical (unpaired) electrons. The first kappa shape index (κ1) is 12.1. The van der Waals surface area contributed by atoms with Crippen molar-refractivity contribution in [3.63, 3.8) is 0 Å². The van der Waals surface area contributed by atoms with Gasteiger partial charge in [-0.1, -0.05) is 12.1 Å². The Balaban J connectivity index is 2.05. The Kier molecular flexibility index (Phi) is 2.98. The number of allylic oxidation sites excluding steroid dienone is 1. The second-order valence-electron chi connectivity index (χ2n) is 4.18. The average Bonchev–Trinajstić information content (AvgIpc) is 2.90. The maximum Gasteiger partial charge on any atom is 0.178 e. The van der Waals surface area contributed by atoms with Gasteiger partial charge in [0.05, 0.1) is 11.1 Å². The number of benzene rings is 1. The summed E-state index contributed by atoms with van der Waals surface area (Å²) in [7, 11) is 0. The lowest BCUT2D eigenvalue weighted by Gasteiger charge is -1.95. The van der Waals surface area contributed by atoms with Gasteiger partial charge in [0.1, 0.15) is 11.9 Å². The number of aromatic nitrogens is 3. The van der Waals surface area contributed by atoms with E-state index in [1.807, 2.05) is 6.07 Å². The van der Waals surface area contributed by atoms with Crippen molar-refractivity contribution >= 4 is 22.8 Å². The van der Waals surface area contributed by atoms with Crippen LogP contribution in [-0.2, 0) is 0 Å². The maximum absolute atomic E-state index is 12.9. The molecule has 0 aliphatic rings. The molecule has 5 heteroatoms. The van der Waals surface area contributed by atoms with Crippen molar-refractivity contribution in [2.45, 2.75) is 0 Å². The van der Waals surface area contributed by atoms with Crippen LogP contribution < -0.4 is 0 Å². The molecule has 4 nitrogen and oxygen atoms in total. The molecule has 96 valence electrons. The molecule has 20 heavy (non-hydrogen) atoms. The topological polar surface area (TPSA) is 65.4 Å². The van der Waals surface area contributed by atoms with Gasteiger partial charge in [0.2, 0.25) is 0 Å². The van der Waals surface area contributed by atoms with Gasteiger partial charge in [-0.15, -0.1) is 0 Å². The number of hydrogen-bond donors (Lipinski definition) is 1. The Bertz CT molecular complexity index is 792. The van der Waals surface area contributed by atoms with Gasteiger partial charge in [0, 0.05) is 6.20 Å². The molecule has 3 aromatic rings. The second-order valence-corrected chi connectivity index (χ2v) is 4.18. The highest BCUT2D eigenvalue weighted by Gasteiger charge is 2.08. The highest BCUT2D eigenvalue weighted by molar-refractivity contribution is 5.89. The van der Waals surface area contributed by atoms with Crippen molar-refractivity contribution in [3.8, 4) is 6.07 Å². The summed E-state index contributed by atoms with van der Waals surface area (Å²) < 4.78 is 12.9. The van der Waals surface area contributed by atoms with Crippen molar-refractivity contribution in [1.29, 1.82) is 5.26 Å². The lowest BCUT2D eigenvalue weighted by atomic mass is 10.1. The number of pyridine rings is 1. The Labute approximate surface area is 114 Å². The predicted octanol–water partition coefficient (Wildman–Crippen LogP) is 3.16. The van der Waals surface area contributed by atoms with E-state index in [2.05, 4.69) is 21.0 Å². The molecule has 0 atom stereocenters. The molecule has 0 fully saturated rings. The van der Waals surface area contributed by atoms with Crippen molar-refractivity contribution in [3.05, 3.63) is 59.8 Å². The van der Waals surface area contributed by atoms with E-state index >= 15 is 0 Å². The van der Waals surface area contributed by atoms with Crippen LogP contribution >= 0.6 is 0 Å². The maximum atomic E-state index is 12.9. The molecule has 3 rings (SSSR count). The highest BCUT2D eigenvalue weighted by Crippen LogP contribution is 2.18. The summed E-state index contributed by atoms with van der Waals surface area (Å²) in [4.78, 5) is 11.4. The van der Waals surface area contributed by atoms with Crippen LogP contribution in [0.5, 0.6) is 0 Å². The molecule has 0 spiro atoms. The van der Waals surface area contributed by atoms with Crippen molar-refractivity contribution in [2.75, 3.05) is 0 Å². The van der Waals surface area contributed by atoms with Gasteiger partial charge >= 0.3 is 0 Å². The standard InChI is InChI=1S/C15H9FN4/c16-12-5-3-10(4-6-12)8-11(9-17)14-19-13-2-1-7-18-15(13)20-14/h1-8H,(H,18,19,20)/b11-8+.